The molecule has 1 N–H and O–H groups in total. The van der Waals surface area contributed by atoms with Crippen LogP contribution in [0, 0.1) is 10.8 Å². The van der Waals surface area contributed by atoms with Gasteiger partial charge in [0.05, 0.1) is 22.5 Å². The summed E-state index contributed by atoms with van der Waals surface area (Å²) in [6, 6.07) is 17.5. The highest BCUT2D eigenvalue weighted by Gasteiger charge is 2.50. The lowest BCUT2D eigenvalue weighted by atomic mass is 9.58. The first-order chi connectivity index (χ1) is 21.8. The fourth-order valence-corrected chi connectivity index (χ4v) is 9.73. The number of carbonyl (C=O) groups is 2. The molecule has 1 amide bonds. The van der Waals surface area contributed by atoms with Gasteiger partial charge < -0.3 is 19.8 Å². The van der Waals surface area contributed by atoms with Crippen LogP contribution in [-0.4, -0.2) is 104 Å². The second-order valence-corrected chi connectivity index (χ2v) is 16.8. The van der Waals surface area contributed by atoms with Crippen LogP contribution in [0.4, 0.5) is 0 Å². The molecule has 0 spiro atoms. The van der Waals surface area contributed by atoms with Gasteiger partial charge in [-0.2, -0.15) is 0 Å². The normalized spacial score (nSPS) is 26.0. The molecule has 8 nitrogen and oxygen atoms in total. The number of hydrogen-bond acceptors (Lipinski definition) is 6. The van der Waals surface area contributed by atoms with Crippen molar-refractivity contribution in [2.75, 3.05) is 63.9 Å². The number of aromatic carboxylic acids is 1. The first-order valence-electron chi connectivity index (χ1n) is 16.6. The number of likely N-dealkylation sites (tertiary alicyclic amines) is 1. The smallest absolute Gasteiger partial charge is 0.335 e. The maximum Gasteiger partial charge on any atom is 0.335 e. The third kappa shape index (κ3) is 6.21. The van der Waals surface area contributed by atoms with Gasteiger partial charge in [-0.1, -0.05) is 81.0 Å². The molecule has 4 aliphatic rings. The second-order valence-electron chi connectivity index (χ2n) is 14.5. The SMILES string of the molecule is CC1(C)C(c2ccc(C(=O)O)cc2)=CC[C@]2(C)CN(C(=O)C3(c4ccccc4)CCN(CCN4CCS(=O)(=O)CC4)CC3)CC=C12. The first kappa shape index (κ1) is 32.7. The number of benzene rings is 2. The Balaban J connectivity index is 1.18. The number of allylic oxidation sites excluding steroid dienone is 2. The summed E-state index contributed by atoms with van der Waals surface area (Å²) in [4.78, 5) is 32.9. The number of rotatable bonds is 7. The van der Waals surface area contributed by atoms with Crippen molar-refractivity contribution in [1.82, 2.24) is 14.7 Å². The summed E-state index contributed by atoms with van der Waals surface area (Å²) in [5.74, 6) is -0.213. The van der Waals surface area contributed by atoms with E-state index in [4.69, 9.17) is 0 Å². The van der Waals surface area contributed by atoms with Crippen LogP contribution in [0.3, 0.4) is 0 Å². The molecular formula is C37H47N3O5S. The number of carboxylic acid groups (broad SMARTS) is 1. The maximum absolute atomic E-state index is 14.7. The predicted octanol–water partition coefficient (Wildman–Crippen LogP) is 4.74. The van der Waals surface area contributed by atoms with Crippen LogP contribution >= 0.6 is 0 Å². The summed E-state index contributed by atoms with van der Waals surface area (Å²) >= 11 is 0. The zero-order chi connectivity index (χ0) is 32.7. The van der Waals surface area contributed by atoms with Gasteiger partial charge in [0, 0.05) is 50.1 Å². The molecule has 2 aromatic rings. The van der Waals surface area contributed by atoms with Gasteiger partial charge in [-0.15, -0.1) is 0 Å². The Hall–Kier alpha value is -3.27. The molecule has 2 saturated heterocycles. The second kappa shape index (κ2) is 12.4. The van der Waals surface area contributed by atoms with E-state index in [1.54, 1.807) is 12.1 Å². The fraction of sp³-hybridized carbons (Fsp3) is 0.514. The minimum atomic E-state index is -2.89. The Morgan fingerprint density at radius 2 is 1.43 bits per heavy atom. The molecule has 0 unspecified atom stereocenters. The third-order valence-corrected chi connectivity index (χ3v) is 12.8. The quantitative estimate of drug-likeness (QED) is 0.435. The number of fused-ring (bicyclic) bond motifs is 1. The highest BCUT2D eigenvalue weighted by Crippen LogP contribution is 2.55. The van der Waals surface area contributed by atoms with E-state index in [1.165, 1.54) is 11.1 Å². The van der Waals surface area contributed by atoms with E-state index < -0.39 is 21.2 Å². The third-order valence-electron chi connectivity index (χ3n) is 11.2. The number of sulfone groups is 1. The Bertz CT molecular complexity index is 1630. The molecule has 9 heteroatoms. The molecule has 2 fully saturated rings. The van der Waals surface area contributed by atoms with E-state index in [1.807, 2.05) is 30.3 Å². The van der Waals surface area contributed by atoms with Crippen molar-refractivity contribution in [2.45, 2.75) is 45.4 Å². The monoisotopic (exact) mass is 645 g/mol. The van der Waals surface area contributed by atoms with E-state index in [9.17, 15) is 23.1 Å². The summed E-state index contributed by atoms with van der Waals surface area (Å²) < 4.78 is 23.7. The van der Waals surface area contributed by atoms with Crippen molar-refractivity contribution in [2.24, 2.45) is 10.8 Å². The fourth-order valence-electron chi connectivity index (χ4n) is 8.46. The Morgan fingerprint density at radius 3 is 2.04 bits per heavy atom. The molecule has 1 atom stereocenters. The van der Waals surface area contributed by atoms with E-state index in [2.05, 4.69) is 59.8 Å². The standard InChI is InChI=1S/C37H47N3O5S/c1-35(2)31(28-9-11-29(12-10-28)33(41)42)13-15-36(3)27-40(18-14-32(35)36)34(43)37(30-7-5-4-6-8-30)16-19-38(20-17-37)21-22-39-23-25-46(44,45)26-24-39/h4-14H,15-27H2,1-3H3,(H,41,42)/t36-/m1/s1. The van der Waals surface area contributed by atoms with Crippen LogP contribution in [0.25, 0.3) is 5.57 Å². The van der Waals surface area contributed by atoms with Crippen molar-refractivity contribution in [3.05, 3.63) is 89.0 Å². The highest BCUT2D eigenvalue weighted by atomic mass is 32.2. The Morgan fingerprint density at radius 1 is 0.826 bits per heavy atom. The van der Waals surface area contributed by atoms with Crippen molar-refractivity contribution in [1.29, 1.82) is 0 Å². The predicted molar refractivity (Wildman–Crippen MR) is 181 cm³/mol. The molecule has 3 heterocycles. The van der Waals surface area contributed by atoms with Gasteiger partial charge in [-0.3, -0.25) is 4.79 Å². The number of nitrogens with zero attached hydrogens (tertiary/aromatic N) is 3. The summed E-state index contributed by atoms with van der Waals surface area (Å²) in [5.41, 5.74) is 3.94. The Labute approximate surface area is 273 Å². The average Bonchev–Trinajstić information content (AvgIpc) is 3.04. The number of carboxylic acids is 1. The van der Waals surface area contributed by atoms with Gasteiger partial charge >= 0.3 is 5.97 Å². The van der Waals surface area contributed by atoms with Crippen LogP contribution < -0.4 is 0 Å². The molecule has 6 rings (SSSR count). The number of piperidine rings is 1. The van der Waals surface area contributed by atoms with Crippen molar-refractivity contribution in [3.63, 3.8) is 0 Å². The van der Waals surface area contributed by atoms with Crippen molar-refractivity contribution >= 4 is 27.3 Å². The highest BCUT2D eigenvalue weighted by molar-refractivity contribution is 7.91. The van der Waals surface area contributed by atoms with Crippen LogP contribution in [0.15, 0.2) is 72.3 Å². The summed E-state index contributed by atoms with van der Waals surface area (Å²) in [6.45, 7) is 12.6. The zero-order valence-electron chi connectivity index (χ0n) is 27.4. The van der Waals surface area contributed by atoms with E-state index >= 15 is 0 Å². The first-order valence-corrected chi connectivity index (χ1v) is 18.4. The lowest BCUT2D eigenvalue weighted by Crippen LogP contribution is -2.57. The molecule has 46 heavy (non-hydrogen) atoms. The van der Waals surface area contributed by atoms with Crippen molar-refractivity contribution < 1.29 is 23.1 Å². The van der Waals surface area contributed by atoms with Gasteiger partial charge in [-0.25, -0.2) is 13.2 Å². The minimum Gasteiger partial charge on any atom is -0.478 e. The number of carbonyl (C=O) groups excluding carboxylic acids is 1. The molecule has 0 aromatic heterocycles. The van der Waals surface area contributed by atoms with Crippen LogP contribution in [0.1, 0.15) is 61.5 Å². The van der Waals surface area contributed by atoms with Crippen LogP contribution in [0.2, 0.25) is 0 Å². The topological polar surface area (TPSA) is 98.2 Å². The molecule has 1 aliphatic carbocycles. The molecule has 0 radical (unpaired) electrons. The number of hydrogen-bond donors (Lipinski definition) is 1. The molecule has 3 aliphatic heterocycles. The molecule has 2 aromatic carbocycles. The molecule has 246 valence electrons. The molecule has 0 bridgehead atoms. The molecule has 0 saturated carbocycles. The maximum atomic E-state index is 14.7. The van der Waals surface area contributed by atoms with Crippen LogP contribution in [0.5, 0.6) is 0 Å². The van der Waals surface area contributed by atoms with Crippen LogP contribution in [-0.2, 0) is 20.0 Å². The zero-order valence-corrected chi connectivity index (χ0v) is 28.2. The number of amides is 1. The van der Waals surface area contributed by atoms with E-state index in [0.29, 0.717) is 26.2 Å². The minimum absolute atomic E-state index is 0.192. The largest absolute Gasteiger partial charge is 0.478 e. The molecular weight excluding hydrogens is 598 g/mol. The average molecular weight is 646 g/mol. The summed E-state index contributed by atoms with van der Waals surface area (Å²) in [5, 5.41) is 9.36. The van der Waals surface area contributed by atoms with E-state index in [0.717, 1.165) is 56.6 Å². The van der Waals surface area contributed by atoms with E-state index in [-0.39, 0.29) is 33.8 Å². The summed E-state index contributed by atoms with van der Waals surface area (Å²) in [6.07, 6.45) is 6.91. The van der Waals surface area contributed by atoms with Gasteiger partial charge in [0.25, 0.3) is 0 Å². The van der Waals surface area contributed by atoms with Crippen molar-refractivity contribution in [3.8, 4) is 0 Å². The van der Waals surface area contributed by atoms with Gasteiger partial charge in [0.1, 0.15) is 0 Å². The van der Waals surface area contributed by atoms with Gasteiger partial charge in [0.2, 0.25) is 5.91 Å². The van der Waals surface area contributed by atoms with Gasteiger partial charge in [0.15, 0.2) is 9.84 Å². The lowest BCUT2D eigenvalue weighted by molar-refractivity contribution is -0.141. The summed E-state index contributed by atoms with van der Waals surface area (Å²) in [7, 11) is -2.89. The Kier molecular flexibility index (Phi) is 8.80. The van der Waals surface area contributed by atoms with Gasteiger partial charge in [-0.05, 0) is 61.2 Å². The lowest BCUT2D eigenvalue weighted by Gasteiger charge is -2.52.